The molecule has 0 radical (unpaired) electrons. The highest BCUT2D eigenvalue weighted by Gasteiger charge is 2.01. The minimum absolute atomic E-state index is 1.02. The Morgan fingerprint density at radius 2 is 2.08 bits per heavy atom. The highest BCUT2D eigenvalue weighted by atomic mass is 14.7. The minimum atomic E-state index is 1.02. The number of allylic oxidation sites excluding steroid dienone is 1. The smallest absolute Gasteiger partial charge is 0.0448 e. The summed E-state index contributed by atoms with van der Waals surface area (Å²) < 4.78 is 0. The molecule has 1 rings (SSSR count). The second-order valence-electron chi connectivity index (χ2n) is 3.28. The zero-order valence-electron chi connectivity index (χ0n) is 8.89. The highest BCUT2D eigenvalue weighted by molar-refractivity contribution is 5.52. The first kappa shape index (κ1) is 9.97. The van der Waals surface area contributed by atoms with Crippen LogP contribution >= 0.6 is 0 Å². The van der Waals surface area contributed by atoms with Gasteiger partial charge in [-0.15, -0.1) is 0 Å². The first-order valence-corrected chi connectivity index (χ1v) is 4.78. The first-order valence-electron chi connectivity index (χ1n) is 4.78. The summed E-state index contributed by atoms with van der Waals surface area (Å²) in [5, 5.41) is 0. The van der Waals surface area contributed by atoms with Crippen molar-refractivity contribution in [3.05, 3.63) is 34.7 Å². The molecular formula is C12H17N. The van der Waals surface area contributed by atoms with Crippen molar-refractivity contribution in [3.8, 4) is 0 Å². The maximum atomic E-state index is 4.56. The summed E-state index contributed by atoms with van der Waals surface area (Å²) in [6.45, 7) is 8.36. The predicted octanol–water partition coefficient (Wildman–Crippen LogP) is 3.29. The van der Waals surface area contributed by atoms with Crippen molar-refractivity contribution in [3.63, 3.8) is 0 Å². The predicted molar refractivity (Wildman–Crippen MR) is 57.8 cm³/mol. The van der Waals surface area contributed by atoms with Crippen LogP contribution in [0.3, 0.4) is 0 Å². The fourth-order valence-electron chi connectivity index (χ4n) is 1.48. The molecule has 0 aromatic carbocycles. The monoisotopic (exact) mass is 175 g/mol. The van der Waals surface area contributed by atoms with Crippen LogP contribution in [0.4, 0.5) is 0 Å². The van der Waals surface area contributed by atoms with E-state index in [0.29, 0.717) is 0 Å². The zero-order valence-corrected chi connectivity index (χ0v) is 8.89. The Morgan fingerprint density at radius 3 is 2.62 bits per heavy atom. The van der Waals surface area contributed by atoms with Crippen LogP contribution in [0.5, 0.6) is 0 Å². The summed E-state index contributed by atoms with van der Waals surface area (Å²) in [7, 11) is 0. The SMILES string of the molecule is CC=Cc1cc(C)c(CC)nc1C. The van der Waals surface area contributed by atoms with Gasteiger partial charge in [0.25, 0.3) is 0 Å². The van der Waals surface area contributed by atoms with Crippen molar-refractivity contribution < 1.29 is 0 Å². The average molecular weight is 175 g/mol. The number of pyridine rings is 1. The van der Waals surface area contributed by atoms with E-state index in [1.165, 1.54) is 16.8 Å². The summed E-state index contributed by atoms with van der Waals surface area (Å²) >= 11 is 0. The Balaban J connectivity index is 3.20. The molecule has 0 spiro atoms. The molecular weight excluding hydrogens is 158 g/mol. The molecule has 1 aromatic rings. The molecule has 0 aliphatic carbocycles. The molecule has 1 heterocycles. The number of aromatic nitrogens is 1. The Bertz CT molecular complexity index is 324. The fourth-order valence-corrected chi connectivity index (χ4v) is 1.48. The Morgan fingerprint density at radius 1 is 1.38 bits per heavy atom. The fraction of sp³-hybridized carbons (Fsp3) is 0.417. The topological polar surface area (TPSA) is 12.9 Å². The Kier molecular flexibility index (Phi) is 3.24. The number of hydrogen-bond acceptors (Lipinski definition) is 1. The van der Waals surface area contributed by atoms with Gasteiger partial charge >= 0.3 is 0 Å². The van der Waals surface area contributed by atoms with E-state index in [0.717, 1.165) is 12.1 Å². The molecule has 0 unspecified atom stereocenters. The van der Waals surface area contributed by atoms with Gasteiger partial charge in [0.2, 0.25) is 0 Å². The van der Waals surface area contributed by atoms with Gasteiger partial charge < -0.3 is 0 Å². The van der Waals surface area contributed by atoms with Gasteiger partial charge in [-0.05, 0) is 44.4 Å². The van der Waals surface area contributed by atoms with Crippen molar-refractivity contribution in [2.24, 2.45) is 0 Å². The van der Waals surface area contributed by atoms with E-state index in [4.69, 9.17) is 0 Å². The summed E-state index contributed by atoms with van der Waals surface area (Å²) in [5.41, 5.74) is 4.87. The van der Waals surface area contributed by atoms with Gasteiger partial charge in [0, 0.05) is 11.4 Å². The van der Waals surface area contributed by atoms with E-state index in [-0.39, 0.29) is 0 Å². The van der Waals surface area contributed by atoms with Crippen LogP contribution in [-0.4, -0.2) is 4.98 Å². The van der Waals surface area contributed by atoms with Gasteiger partial charge in [0.05, 0.1) is 0 Å². The molecule has 0 aliphatic rings. The molecule has 0 aliphatic heterocycles. The molecule has 13 heavy (non-hydrogen) atoms. The molecule has 1 heteroatoms. The van der Waals surface area contributed by atoms with Gasteiger partial charge in [0.1, 0.15) is 0 Å². The maximum Gasteiger partial charge on any atom is 0.0448 e. The van der Waals surface area contributed by atoms with Crippen LogP contribution in [0.2, 0.25) is 0 Å². The van der Waals surface area contributed by atoms with Crippen LogP contribution in [0.15, 0.2) is 12.1 Å². The molecule has 0 bridgehead atoms. The van der Waals surface area contributed by atoms with Crippen LogP contribution in [-0.2, 0) is 6.42 Å². The number of hydrogen-bond donors (Lipinski definition) is 0. The van der Waals surface area contributed by atoms with E-state index in [2.05, 4.69) is 44.0 Å². The summed E-state index contributed by atoms with van der Waals surface area (Å²) in [4.78, 5) is 4.56. The van der Waals surface area contributed by atoms with Crippen molar-refractivity contribution >= 4 is 6.08 Å². The third kappa shape index (κ3) is 2.18. The average Bonchev–Trinajstić information content (AvgIpc) is 2.11. The highest BCUT2D eigenvalue weighted by Crippen LogP contribution is 2.14. The molecule has 0 saturated heterocycles. The van der Waals surface area contributed by atoms with E-state index in [1.54, 1.807) is 0 Å². The number of nitrogens with zero attached hydrogens (tertiary/aromatic N) is 1. The van der Waals surface area contributed by atoms with Crippen LogP contribution in [0.25, 0.3) is 6.08 Å². The van der Waals surface area contributed by atoms with E-state index >= 15 is 0 Å². The molecule has 0 fully saturated rings. The van der Waals surface area contributed by atoms with Gasteiger partial charge in [0.15, 0.2) is 0 Å². The lowest BCUT2D eigenvalue weighted by Gasteiger charge is -2.06. The van der Waals surface area contributed by atoms with Crippen molar-refractivity contribution in [2.45, 2.75) is 34.1 Å². The third-order valence-corrected chi connectivity index (χ3v) is 2.23. The van der Waals surface area contributed by atoms with Gasteiger partial charge in [-0.25, -0.2) is 0 Å². The van der Waals surface area contributed by atoms with E-state index in [1.807, 2.05) is 6.92 Å². The van der Waals surface area contributed by atoms with Crippen molar-refractivity contribution in [1.82, 2.24) is 4.98 Å². The zero-order chi connectivity index (χ0) is 9.84. The lowest BCUT2D eigenvalue weighted by atomic mass is 10.1. The minimum Gasteiger partial charge on any atom is -0.257 e. The van der Waals surface area contributed by atoms with Crippen molar-refractivity contribution in [1.29, 1.82) is 0 Å². The van der Waals surface area contributed by atoms with Crippen LogP contribution in [0.1, 0.15) is 36.4 Å². The molecule has 0 atom stereocenters. The van der Waals surface area contributed by atoms with Gasteiger partial charge in [-0.3, -0.25) is 4.98 Å². The molecule has 0 N–H and O–H groups in total. The second kappa shape index (κ2) is 4.22. The molecule has 1 nitrogen and oxygen atoms in total. The maximum absolute atomic E-state index is 4.56. The summed E-state index contributed by atoms with van der Waals surface area (Å²) in [5.74, 6) is 0. The normalized spacial score (nSPS) is 11.1. The van der Waals surface area contributed by atoms with Gasteiger partial charge in [-0.1, -0.05) is 19.1 Å². The lowest BCUT2D eigenvalue weighted by Crippen LogP contribution is -1.96. The van der Waals surface area contributed by atoms with Crippen LogP contribution < -0.4 is 0 Å². The number of aryl methyl sites for hydroxylation is 3. The molecule has 1 aromatic heterocycles. The molecule has 70 valence electrons. The first-order chi connectivity index (χ1) is 6.19. The summed E-state index contributed by atoms with van der Waals surface area (Å²) in [6.07, 6.45) is 5.17. The Hall–Kier alpha value is -1.11. The van der Waals surface area contributed by atoms with Crippen molar-refractivity contribution in [2.75, 3.05) is 0 Å². The van der Waals surface area contributed by atoms with Gasteiger partial charge in [-0.2, -0.15) is 0 Å². The number of rotatable bonds is 2. The molecule has 0 saturated carbocycles. The van der Waals surface area contributed by atoms with E-state index in [9.17, 15) is 0 Å². The Labute approximate surface area is 80.5 Å². The quantitative estimate of drug-likeness (QED) is 0.672. The lowest BCUT2D eigenvalue weighted by molar-refractivity contribution is 0.978. The van der Waals surface area contributed by atoms with E-state index < -0.39 is 0 Å². The molecule has 0 amide bonds. The standard InChI is InChI=1S/C12H17N/c1-5-7-11-8-9(3)12(6-2)13-10(11)4/h5,7-8H,6H2,1-4H3. The summed E-state index contributed by atoms with van der Waals surface area (Å²) in [6, 6.07) is 2.21. The largest absolute Gasteiger partial charge is 0.257 e. The van der Waals surface area contributed by atoms with Crippen LogP contribution in [0, 0.1) is 13.8 Å². The third-order valence-electron chi connectivity index (χ3n) is 2.23. The second-order valence-corrected chi connectivity index (χ2v) is 3.28.